The van der Waals surface area contributed by atoms with Crippen LogP contribution < -0.4 is 5.32 Å². The zero-order chi connectivity index (χ0) is 19.0. The average molecular weight is 377 g/mol. The number of furan rings is 1. The van der Waals surface area contributed by atoms with Gasteiger partial charge in [-0.05, 0) is 48.9 Å². The molecule has 0 spiro atoms. The molecule has 6 heteroatoms. The SMILES string of the molecule is Cc1cc(C(=O)O)ccc1-c1ccc(/C=C2\Sc3ccccc3NC2=O)o1. The number of aryl methyl sites for hydroxylation is 1. The van der Waals surface area contributed by atoms with E-state index in [0.717, 1.165) is 21.7 Å². The first-order valence-corrected chi connectivity index (χ1v) is 9.07. The van der Waals surface area contributed by atoms with Gasteiger partial charge in [0.2, 0.25) is 0 Å². The number of aromatic carboxylic acids is 1. The number of amides is 1. The van der Waals surface area contributed by atoms with E-state index < -0.39 is 5.97 Å². The number of carboxylic acids is 1. The molecule has 0 radical (unpaired) electrons. The number of anilines is 1. The second-order valence-electron chi connectivity index (χ2n) is 6.10. The number of hydrogen-bond acceptors (Lipinski definition) is 4. The van der Waals surface area contributed by atoms with Gasteiger partial charge in [-0.15, -0.1) is 0 Å². The summed E-state index contributed by atoms with van der Waals surface area (Å²) in [7, 11) is 0. The van der Waals surface area contributed by atoms with E-state index >= 15 is 0 Å². The summed E-state index contributed by atoms with van der Waals surface area (Å²) in [6, 6.07) is 16.1. The predicted octanol–water partition coefficient (Wildman–Crippen LogP) is 5.04. The second kappa shape index (κ2) is 6.81. The molecular weight excluding hydrogens is 362 g/mol. The maximum Gasteiger partial charge on any atom is 0.335 e. The Labute approximate surface area is 159 Å². The van der Waals surface area contributed by atoms with E-state index in [2.05, 4.69) is 5.32 Å². The van der Waals surface area contributed by atoms with Crippen molar-refractivity contribution >= 4 is 35.4 Å². The smallest absolute Gasteiger partial charge is 0.335 e. The van der Waals surface area contributed by atoms with Crippen molar-refractivity contribution in [3.05, 3.63) is 76.4 Å². The standard InChI is InChI=1S/C21H15NO4S/c1-12-10-13(21(24)25)6-8-15(12)17-9-7-14(26-17)11-19-20(23)22-16-4-2-3-5-18(16)27-19/h2-11H,1H3,(H,22,23)(H,24,25)/b19-11-. The van der Waals surface area contributed by atoms with Crippen LogP contribution in [0.5, 0.6) is 0 Å². The van der Waals surface area contributed by atoms with Crippen molar-refractivity contribution in [2.45, 2.75) is 11.8 Å². The van der Waals surface area contributed by atoms with Gasteiger partial charge in [-0.25, -0.2) is 4.79 Å². The van der Waals surface area contributed by atoms with Crippen molar-refractivity contribution in [2.75, 3.05) is 5.32 Å². The number of carbonyl (C=O) groups excluding carboxylic acids is 1. The average Bonchev–Trinajstić information content (AvgIpc) is 3.10. The third-order valence-electron chi connectivity index (χ3n) is 4.22. The number of nitrogens with one attached hydrogen (secondary N) is 1. The predicted molar refractivity (Wildman–Crippen MR) is 105 cm³/mol. The number of thioether (sulfide) groups is 1. The molecule has 0 saturated heterocycles. The first-order chi connectivity index (χ1) is 13.0. The van der Waals surface area contributed by atoms with Crippen LogP contribution in [0.2, 0.25) is 0 Å². The van der Waals surface area contributed by atoms with E-state index in [0.29, 0.717) is 16.4 Å². The second-order valence-corrected chi connectivity index (χ2v) is 7.18. The summed E-state index contributed by atoms with van der Waals surface area (Å²) in [5.74, 6) is 0.0513. The fourth-order valence-electron chi connectivity index (χ4n) is 2.88. The van der Waals surface area contributed by atoms with E-state index in [4.69, 9.17) is 9.52 Å². The van der Waals surface area contributed by atoms with E-state index in [9.17, 15) is 9.59 Å². The van der Waals surface area contributed by atoms with Gasteiger partial charge in [0, 0.05) is 16.5 Å². The number of benzene rings is 2. The first-order valence-electron chi connectivity index (χ1n) is 8.25. The summed E-state index contributed by atoms with van der Waals surface area (Å²) in [6.45, 7) is 1.84. The van der Waals surface area contributed by atoms with Gasteiger partial charge in [0.25, 0.3) is 5.91 Å². The summed E-state index contributed by atoms with van der Waals surface area (Å²) in [6.07, 6.45) is 1.71. The van der Waals surface area contributed by atoms with Crippen LogP contribution in [0.4, 0.5) is 5.69 Å². The Morgan fingerprint density at radius 1 is 1.15 bits per heavy atom. The zero-order valence-corrected chi connectivity index (χ0v) is 15.2. The van der Waals surface area contributed by atoms with Crippen LogP contribution in [0.3, 0.4) is 0 Å². The zero-order valence-electron chi connectivity index (χ0n) is 14.4. The highest BCUT2D eigenvalue weighted by Gasteiger charge is 2.21. The molecule has 0 bridgehead atoms. The summed E-state index contributed by atoms with van der Waals surface area (Å²) < 4.78 is 5.87. The number of carboxylic acid groups (broad SMARTS) is 1. The summed E-state index contributed by atoms with van der Waals surface area (Å²) >= 11 is 1.40. The highest BCUT2D eigenvalue weighted by Crippen LogP contribution is 2.39. The minimum Gasteiger partial charge on any atom is -0.478 e. The normalized spacial score (nSPS) is 14.7. The minimum absolute atomic E-state index is 0.168. The largest absolute Gasteiger partial charge is 0.478 e. The quantitative estimate of drug-likeness (QED) is 0.625. The molecule has 0 fully saturated rings. The van der Waals surface area contributed by atoms with Crippen LogP contribution in [-0.4, -0.2) is 17.0 Å². The third-order valence-corrected chi connectivity index (χ3v) is 5.32. The number of para-hydroxylation sites is 1. The Balaban J connectivity index is 1.63. The molecule has 0 aliphatic carbocycles. The van der Waals surface area contributed by atoms with Crippen LogP contribution in [-0.2, 0) is 4.79 Å². The van der Waals surface area contributed by atoms with Crippen molar-refractivity contribution in [3.8, 4) is 11.3 Å². The van der Waals surface area contributed by atoms with E-state index in [1.165, 1.54) is 11.8 Å². The van der Waals surface area contributed by atoms with Gasteiger partial charge >= 0.3 is 5.97 Å². The maximum atomic E-state index is 12.3. The van der Waals surface area contributed by atoms with Crippen LogP contribution in [0, 0.1) is 6.92 Å². The van der Waals surface area contributed by atoms with E-state index in [1.807, 2.05) is 37.3 Å². The molecule has 27 heavy (non-hydrogen) atoms. The Bertz CT molecular complexity index is 1100. The Kier molecular flexibility index (Phi) is 4.33. The van der Waals surface area contributed by atoms with Crippen LogP contribution in [0.1, 0.15) is 21.7 Å². The molecular formula is C21H15NO4S. The van der Waals surface area contributed by atoms with Crippen molar-refractivity contribution in [1.82, 2.24) is 0 Å². The molecule has 1 amide bonds. The Morgan fingerprint density at radius 3 is 2.74 bits per heavy atom. The van der Waals surface area contributed by atoms with Crippen molar-refractivity contribution < 1.29 is 19.1 Å². The number of carbonyl (C=O) groups is 2. The number of rotatable bonds is 3. The molecule has 2 N–H and O–H groups in total. The molecule has 0 unspecified atom stereocenters. The molecule has 2 aromatic carbocycles. The van der Waals surface area contributed by atoms with Crippen molar-refractivity contribution in [2.24, 2.45) is 0 Å². The lowest BCUT2D eigenvalue weighted by atomic mass is 10.0. The van der Waals surface area contributed by atoms with Crippen LogP contribution >= 0.6 is 11.8 Å². The fraction of sp³-hybridized carbons (Fsp3) is 0.0476. The van der Waals surface area contributed by atoms with Crippen LogP contribution in [0.15, 0.2) is 68.8 Å². The molecule has 3 aromatic rings. The van der Waals surface area contributed by atoms with Crippen molar-refractivity contribution in [3.63, 3.8) is 0 Å². The highest BCUT2D eigenvalue weighted by molar-refractivity contribution is 8.04. The summed E-state index contributed by atoms with van der Waals surface area (Å²) in [5, 5.41) is 11.9. The lowest BCUT2D eigenvalue weighted by molar-refractivity contribution is -0.112. The van der Waals surface area contributed by atoms with Gasteiger partial charge in [0.05, 0.1) is 16.2 Å². The van der Waals surface area contributed by atoms with E-state index in [1.54, 1.807) is 30.3 Å². The van der Waals surface area contributed by atoms with Gasteiger partial charge in [0.1, 0.15) is 11.5 Å². The van der Waals surface area contributed by atoms with Gasteiger partial charge in [-0.3, -0.25) is 4.79 Å². The Hall–Kier alpha value is -3.25. The van der Waals surface area contributed by atoms with Crippen LogP contribution in [0.25, 0.3) is 17.4 Å². The molecule has 0 saturated carbocycles. The van der Waals surface area contributed by atoms with Crippen molar-refractivity contribution in [1.29, 1.82) is 0 Å². The molecule has 4 rings (SSSR count). The van der Waals surface area contributed by atoms with Gasteiger partial charge in [-0.1, -0.05) is 30.0 Å². The summed E-state index contributed by atoms with van der Waals surface area (Å²) in [5.41, 5.74) is 2.66. The molecule has 0 atom stereocenters. The third kappa shape index (κ3) is 3.39. The number of fused-ring (bicyclic) bond motifs is 1. The molecule has 1 aromatic heterocycles. The monoisotopic (exact) mass is 377 g/mol. The van der Waals surface area contributed by atoms with Gasteiger partial charge in [-0.2, -0.15) is 0 Å². The summed E-state index contributed by atoms with van der Waals surface area (Å²) in [4.78, 5) is 24.9. The molecule has 2 heterocycles. The number of hydrogen-bond donors (Lipinski definition) is 2. The van der Waals surface area contributed by atoms with Gasteiger partial charge < -0.3 is 14.8 Å². The molecule has 5 nitrogen and oxygen atoms in total. The van der Waals surface area contributed by atoms with Gasteiger partial charge in [0.15, 0.2) is 0 Å². The fourth-order valence-corrected chi connectivity index (χ4v) is 3.81. The Morgan fingerprint density at radius 2 is 1.96 bits per heavy atom. The highest BCUT2D eigenvalue weighted by atomic mass is 32.2. The lowest BCUT2D eigenvalue weighted by Gasteiger charge is -2.17. The topological polar surface area (TPSA) is 79.5 Å². The maximum absolute atomic E-state index is 12.3. The lowest BCUT2D eigenvalue weighted by Crippen LogP contribution is -2.16. The molecule has 1 aliphatic heterocycles. The molecule has 1 aliphatic rings. The minimum atomic E-state index is -0.963. The molecule has 134 valence electrons. The first kappa shape index (κ1) is 17.2. The van der Waals surface area contributed by atoms with E-state index in [-0.39, 0.29) is 11.5 Å².